The highest BCUT2D eigenvalue weighted by atomic mass is 16.4. The van der Waals surface area contributed by atoms with E-state index in [2.05, 4.69) is 59.8 Å². The minimum Gasteiger partial charge on any atom is -0.507 e. The molecule has 0 aliphatic carbocycles. The molecule has 0 amide bonds. The van der Waals surface area contributed by atoms with Gasteiger partial charge in [0.25, 0.3) is 0 Å². The molecule has 3 atom stereocenters. The Labute approximate surface area is 190 Å². The summed E-state index contributed by atoms with van der Waals surface area (Å²) in [4.78, 5) is 11.9. The highest BCUT2D eigenvalue weighted by molar-refractivity contribution is 5.39. The van der Waals surface area contributed by atoms with Crippen LogP contribution < -0.4 is 5.63 Å². The van der Waals surface area contributed by atoms with E-state index in [-0.39, 0.29) is 17.2 Å². The molecule has 31 heavy (non-hydrogen) atoms. The minimum atomic E-state index is -0.453. The van der Waals surface area contributed by atoms with Crippen molar-refractivity contribution < 1.29 is 9.52 Å². The van der Waals surface area contributed by atoms with Crippen molar-refractivity contribution >= 4 is 0 Å². The van der Waals surface area contributed by atoms with E-state index in [0.29, 0.717) is 23.2 Å². The summed E-state index contributed by atoms with van der Waals surface area (Å²) in [6, 6.07) is 0. The Balaban J connectivity index is 2.69. The monoisotopic (exact) mass is 428 g/mol. The topological polar surface area (TPSA) is 50.4 Å². The number of rotatable bonds is 11. The van der Waals surface area contributed by atoms with Crippen LogP contribution in [-0.2, 0) is 0 Å². The van der Waals surface area contributed by atoms with Gasteiger partial charge in [-0.15, -0.1) is 0 Å². The second-order valence-electron chi connectivity index (χ2n) is 9.63. The van der Waals surface area contributed by atoms with E-state index in [1.807, 2.05) is 13.8 Å². The van der Waals surface area contributed by atoms with Crippen LogP contribution in [0.5, 0.6) is 5.75 Å². The van der Waals surface area contributed by atoms with Crippen LogP contribution in [0.1, 0.15) is 103 Å². The SMILES string of the molecule is CC[C@H](C)/C=C(\C)CCC[C@H](C)/C=C(C)/C=C(\C)C[C@@H](C)c1oc(=O)c(C)c(O)c1C. The first-order chi connectivity index (χ1) is 14.5. The van der Waals surface area contributed by atoms with Gasteiger partial charge in [0.1, 0.15) is 11.5 Å². The van der Waals surface area contributed by atoms with Crippen molar-refractivity contribution in [2.75, 3.05) is 0 Å². The molecule has 0 aliphatic rings. The minimum absolute atomic E-state index is 0.0287. The van der Waals surface area contributed by atoms with Crippen molar-refractivity contribution in [1.29, 1.82) is 0 Å². The van der Waals surface area contributed by atoms with Crippen molar-refractivity contribution in [2.45, 2.75) is 100 Å². The van der Waals surface area contributed by atoms with Crippen LogP contribution >= 0.6 is 0 Å². The molecule has 1 aromatic rings. The molecule has 0 fully saturated rings. The van der Waals surface area contributed by atoms with Crippen LogP contribution in [0.2, 0.25) is 0 Å². The van der Waals surface area contributed by atoms with Crippen LogP contribution in [0.4, 0.5) is 0 Å². The molecule has 0 unspecified atom stereocenters. The van der Waals surface area contributed by atoms with Crippen molar-refractivity contribution in [2.24, 2.45) is 11.8 Å². The molecule has 0 saturated carbocycles. The lowest BCUT2D eigenvalue weighted by molar-refractivity contribution is 0.392. The fourth-order valence-corrected chi connectivity index (χ4v) is 4.21. The lowest BCUT2D eigenvalue weighted by Crippen LogP contribution is -2.10. The first-order valence-corrected chi connectivity index (χ1v) is 11.8. The predicted molar refractivity (Wildman–Crippen MR) is 133 cm³/mol. The molecule has 174 valence electrons. The van der Waals surface area contributed by atoms with Crippen molar-refractivity contribution in [3.05, 3.63) is 62.3 Å². The summed E-state index contributed by atoms with van der Waals surface area (Å²) in [6.45, 7) is 18.8. The first kappa shape index (κ1) is 27.0. The van der Waals surface area contributed by atoms with Gasteiger partial charge in [-0.05, 0) is 72.1 Å². The molecule has 1 aromatic heterocycles. The molecule has 1 N–H and O–H groups in total. The fourth-order valence-electron chi connectivity index (χ4n) is 4.21. The van der Waals surface area contributed by atoms with Crippen molar-refractivity contribution in [3.8, 4) is 5.75 Å². The van der Waals surface area contributed by atoms with Gasteiger partial charge in [0, 0.05) is 11.5 Å². The lowest BCUT2D eigenvalue weighted by atomic mass is 9.94. The van der Waals surface area contributed by atoms with E-state index >= 15 is 0 Å². The predicted octanol–water partition coefficient (Wildman–Crippen LogP) is 8.15. The zero-order valence-corrected chi connectivity index (χ0v) is 21.3. The molecule has 1 heterocycles. The summed E-state index contributed by atoms with van der Waals surface area (Å²) >= 11 is 0. The largest absolute Gasteiger partial charge is 0.507 e. The summed E-state index contributed by atoms with van der Waals surface area (Å²) in [6.07, 6.45) is 12.6. The van der Waals surface area contributed by atoms with Gasteiger partial charge >= 0.3 is 5.63 Å². The third kappa shape index (κ3) is 8.93. The fraction of sp³-hybridized carbons (Fsp3) is 0.607. The van der Waals surface area contributed by atoms with Gasteiger partial charge in [0.2, 0.25) is 0 Å². The van der Waals surface area contributed by atoms with Crippen LogP contribution in [0.15, 0.2) is 44.2 Å². The molecule has 3 nitrogen and oxygen atoms in total. The molecule has 0 bridgehead atoms. The van der Waals surface area contributed by atoms with Gasteiger partial charge in [-0.1, -0.05) is 69.1 Å². The first-order valence-electron chi connectivity index (χ1n) is 11.8. The van der Waals surface area contributed by atoms with E-state index in [1.54, 1.807) is 6.92 Å². The van der Waals surface area contributed by atoms with Crippen LogP contribution in [0.25, 0.3) is 0 Å². The van der Waals surface area contributed by atoms with E-state index in [1.165, 1.54) is 42.4 Å². The molecule has 0 aliphatic heterocycles. The second kappa shape index (κ2) is 12.7. The molecule has 1 rings (SSSR count). The smallest absolute Gasteiger partial charge is 0.342 e. The maximum absolute atomic E-state index is 11.9. The average Bonchev–Trinajstić information content (AvgIpc) is 2.68. The molecule has 0 saturated heterocycles. The third-order valence-corrected chi connectivity index (χ3v) is 6.13. The Bertz CT molecular complexity index is 867. The molecule has 0 radical (unpaired) electrons. The summed E-state index contributed by atoms with van der Waals surface area (Å²) < 4.78 is 5.48. The average molecular weight is 429 g/mol. The highest BCUT2D eigenvalue weighted by Crippen LogP contribution is 2.31. The van der Waals surface area contributed by atoms with Gasteiger partial charge in [-0.3, -0.25) is 0 Å². The van der Waals surface area contributed by atoms with E-state index < -0.39 is 5.63 Å². The van der Waals surface area contributed by atoms with Crippen LogP contribution in [0, 0.1) is 25.7 Å². The Hall–Kier alpha value is -2.03. The van der Waals surface area contributed by atoms with E-state index in [9.17, 15) is 9.90 Å². The highest BCUT2D eigenvalue weighted by Gasteiger charge is 2.18. The standard InChI is InChI=1S/C28H44O3/c1-10-18(2)14-19(3)12-11-13-20(4)15-21(5)16-22(6)17-23(7)27-24(8)26(29)25(9)28(30)31-27/h14-16,18,20,23,29H,10-13,17H2,1-9H3/b19-14+,21-15+,22-16+/t18-,20-,23+/m0/s1. The summed E-state index contributed by atoms with van der Waals surface area (Å²) in [5, 5.41) is 10.2. The van der Waals surface area contributed by atoms with E-state index in [4.69, 9.17) is 4.42 Å². The zero-order chi connectivity index (χ0) is 23.7. The molecule has 0 spiro atoms. The second-order valence-corrected chi connectivity index (χ2v) is 9.63. The number of aromatic hydroxyl groups is 1. The van der Waals surface area contributed by atoms with Crippen LogP contribution in [-0.4, -0.2) is 5.11 Å². The summed E-state index contributed by atoms with van der Waals surface area (Å²) in [7, 11) is 0. The van der Waals surface area contributed by atoms with Crippen molar-refractivity contribution in [1.82, 2.24) is 0 Å². The van der Waals surface area contributed by atoms with Crippen molar-refractivity contribution in [3.63, 3.8) is 0 Å². The maximum atomic E-state index is 11.9. The van der Waals surface area contributed by atoms with Gasteiger partial charge in [0.05, 0.1) is 5.56 Å². The maximum Gasteiger partial charge on any atom is 0.342 e. The lowest BCUT2D eigenvalue weighted by Gasteiger charge is -2.15. The van der Waals surface area contributed by atoms with Gasteiger partial charge in [-0.25, -0.2) is 4.79 Å². The molecular formula is C28H44O3. The Kier molecular flexibility index (Phi) is 11.1. The number of hydrogen-bond acceptors (Lipinski definition) is 3. The Morgan fingerprint density at radius 2 is 1.65 bits per heavy atom. The zero-order valence-electron chi connectivity index (χ0n) is 21.3. The van der Waals surface area contributed by atoms with E-state index in [0.717, 1.165) is 6.42 Å². The molecule has 3 heteroatoms. The Morgan fingerprint density at radius 3 is 2.26 bits per heavy atom. The summed E-state index contributed by atoms with van der Waals surface area (Å²) in [5.41, 5.74) is 4.51. The molecular weight excluding hydrogens is 384 g/mol. The third-order valence-electron chi connectivity index (χ3n) is 6.13. The van der Waals surface area contributed by atoms with Gasteiger partial charge in [-0.2, -0.15) is 0 Å². The quantitative estimate of drug-likeness (QED) is 0.286. The Morgan fingerprint density at radius 1 is 1.00 bits per heavy atom. The van der Waals surface area contributed by atoms with Gasteiger partial charge in [0.15, 0.2) is 0 Å². The molecule has 0 aromatic carbocycles. The van der Waals surface area contributed by atoms with Gasteiger partial charge < -0.3 is 9.52 Å². The normalized spacial score (nSPS) is 16.4. The van der Waals surface area contributed by atoms with Crippen LogP contribution in [0.3, 0.4) is 0 Å². The number of hydrogen-bond donors (Lipinski definition) is 1. The summed E-state index contributed by atoms with van der Waals surface area (Å²) in [5.74, 6) is 1.89. The number of allylic oxidation sites excluding steroid dienone is 6.